The molecule has 0 bridgehead atoms. The third-order valence-electron chi connectivity index (χ3n) is 2.42. The second-order valence-electron chi connectivity index (χ2n) is 3.30. The first-order valence-electron chi connectivity index (χ1n) is 3.90. The van der Waals surface area contributed by atoms with Gasteiger partial charge in [-0.05, 0) is 12.8 Å². The molecule has 2 atom stereocenters. The van der Waals surface area contributed by atoms with Gasteiger partial charge in [-0.15, -0.1) is 0 Å². The Bertz CT molecular complexity index is 216. The number of nitrogens with two attached hydrogens (primary N) is 1. The lowest BCUT2D eigenvalue weighted by Gasteiger charge is -2.37. The van der Waals surface area contributed by atoms with Crippen LogP contribution in [0, 0.1) is 0 Å². The topological polar surface area (TPSA) is 104 Å². The molecule has 1 aliphatic carbocycles. The van der Waals surface area contributed by atoms with E-state index >= 15 is 0 Å². The molecule has 0 unspecified atom stereocenters. The zero-order valence-electron chi connectivity index (χ0n) is 6.68. The fourth-order valence-corrected chi connectivity index (χ4v) is 2.47. The van der Waals surface area contributed by atoms with E-state index in [2.05, 4.69) is 0 Å². The first-order valence-corrected chi connectivity index (χ1v) is 5.52. The molecule has 0 aliphatic heterocycles. The molecule has 6 heteroatoms. The highest BCUT2D eigenvalue weighted by Crippen LogP contribution is 2.53. The molecule has 1 fully saturated rings. The van der Waals surface area contributed by atoms with Crippen molar-refractivity contribution >= 4 is 7.60 Å². The molecule has 5 nitrogen and oxygen atoms in total. The summed E-state index contributed by atoms with van der Waals surface area (Å²) in [6, 6.07) is 0. The Labute approximate surface area is 70.7 Å². The van der Waals surface area contributed by atoms with Crippen LogP contribution >= 0.6 is 7.60 Å². The van der Waals surface area contributed by atoms with Crippen molar-refractivity contribution in [1.82, 2.24) is 0 Å². The van der Waals surface area contributed by atoms with E-state index in [4.69, 9.17) is 15.5 Å². The van der Waals surface area contributed by atoms with Gasteiger partial charge in [0.15, 0.2) is 0 Å². The van der Waals surface area contributed by atoms with Gasteiger partial charge in [-0.3, -0.25) is 4.57 Å². The van der Waals surface area contributed by atoms with Crippen LogP contribution in [0.1, 0.15) is 25.7 Å². The first-order chi connectivity index (χ1) is 5.38. The SMILES string of the molecule is N[C@]1(P(=O)(O)O)CCCC[C@@H]1O. The summed E-state index contributed by atoms with van der Waals surface area (Å²) in [6.45, 7) is 0. The summed E-state index contributed by atoms with van der Waals surface area (Å²) < 4.78 is 10.9. The van der Waals surface area contributed by atoms with E-state index in [0.29, 0.717) is 12.8 Å². The molecule has 5 N–H and O–H groups in total. The van der Waals surface area contributed by atoms with E-state index < -0.39 is 19.0 Å². The fourth-order valence-electron chi connectivity index (χ4n) is 1.50. The van der Waals surface area contributed by atoms with Crippen LogP contribution in [0.5, 0.6) is 0 Å². The van der Waals surface area contributed by atoms with Gasteiger partial charge in [0, 0.05) is 0 Å². The van der Waals surface area contributed by atoms with E-state index in [9.17, 15) is 9.67 Å². The van der Waals surface area contributed by atoms with Gasteiger partial charge < -0.3 is 20.6 Å². The molecule has 0 aromatic heterocycles. The highest BCUT2D eigenvalue weighted by Gasteiger charge is 2.50. The number of aliphatic hydroxyl groups is 1. The van der Waals surface area contributed by atoms with Crippen molar-refractivity contribution in [2.45, 2.75) is 37.1 Å². The monoisotopic (exact) mass is 195 g/mol. The van der Waals surface area contributed by atoms with Crippen molar-refractivity contribution in [3.63, 3.8) is 0 Å². The van der Waals surface area contributed by atoms with Crippen molar-refractivity contribution in [3.8, 4) is 0 Å². The molecular formula is C6H14NO4P. The van der Waals surface area contributed by atoms with Crippen LogP contribution in [0.4, 0.5) is 0 Å². The molecule has 0 spiro atoms. The van der Waals surface area contributed by atoms with Crippen molar-refractivity contribution in [2.24, 2.45) is 5.73 Å². The zero-order chi connectivity index (χ0) is 9.41. The summed E-state index contributed by atoms with van der Waals surface area (Å²) in [5.41, 5.74) is 5.47. The van der Waals surface area contributed by atoms with Crippen molar-refractivity contribution in [3.05, 3.63) is 0 Å². The molecule has 1 saturated carbocycles. The predicted octanol–water partition coefficient (Wildman–Crippen LogP) is -0.246. The molecule has 72 valence electrons. The summed E-state index contributed by atoms with van der Waals surface area (Å²) in [5.74, 6) is 0. The van der Waals surface area contributed by atoms with E-state index in [1.54, 1.807) is 0 Å². The Morgan fingerprint density at radius 3 is 2.33 bits per heavy atom. The molecule has 0 heterocycles. The normalized spacial score (nSPS) is 38.2. The highest BCUT2D eigenvalue weighted by atomic mass is 31.2. The summed E-state index contributed by atoms with van der Waals surface area (Å²) in [7, 11) is -4.38. The maximum atomic E-state index is 10.9. The first kappa shape index (κ1) is 10.2. The van der Waals surface area contributed by atoms with Gasteiger partial charge in [-0.2, -0.15) is 0 Å². The van der Waals surface area contributed by atoms with Crippen LogP contribution in [-0.4, -0.2) is 26.3 Å². The average molecular weight is 195 g/mol. The minimum Gasteiger partial charge on any atom is -0.391 e. The lowest BCUT2D eigenvalue weighted by Crippen LogP contribution is -2.52. The molecule has 1 rings (SSSR count). The van der Waals surface area contributed by atoms with Gasteiger partial charge in [0.05, 0.1) is 6.10 Å². The number of hydrogen-bond acceptors (Lipinski definition) is 3. The van der Waals surface area contributed by atoms with Crippen LogP contribution in [0.15, 0.2) is 0 Å². The third kappa shape index (κ3) is 1.56. The molecule has 0 radical (unpaired) electrons. The lowest BCUT2D eigenvalue weighted by atomic mass is 9.92. The fraction of sp³-hybridized carbons (Fsp3) is 1.00. The van der Waals surface area contributed by atoms with Gasteiger partial charge in [0.2, 0.25) is 0 Å². The molecular weight excluding hydrogens is 181 g/mol. The second-order valence-corrected chi connectivity index (χ2v) is 5.22. The predicted molar refractivity (Wildman–Crippen MR) is 43.4 cm³/mol. The van der Waals surface area contributed by atoms with Crippen LogP contribution < -0.4 is 5.73 Å². The Morgan fingerprint density at radius 2 is 2.00 bits per heavy atom. The van der Waals surface area contributed by atoms with E-state index in [1.807, 2.05) is 0 Å². The Kier molecular flexibility index (Phi) is 2.61. The van der Waals surface area contributed by atoms with Crippen LogP contribution in [0.25, 0.3) is 0 Å². The number of hydrogen-bond donors (Lipinski definition) is 4. The molecule has 0 amide bonds. The molecule has 0 aromatic carbocycles. The van der Waals surface area contributed by atoms with Gasteiger partial charge in [0.25, 0.3) is 0 Å². The van der Waals surface area contributed by atoms with Crippen molar-refractivity contribution < 1.29 is 19.5 Å². The largest absolute Gasteiger partial charge is 0.391 e. The van der Waals surface area contributed by atoms with E-state index in [0.717, 1.165) is 6.42 Å². The van der Waals surface area contributed by atoms with Crippen LogP contribution in [0.2, 0.25) is 0 Å². The van der Waals surface area contributed by atoms with Crippen molar-refractivity contribution in [2.75, 3.05) is 0 Å². The smallest absolute Gasteiger partial charge is 0.347 e. The minimum atomic E-state index is -4.38. The lowest BCUT2D eigenvalue weighted by molar-refractivity contribution is 0.0738. The van der Waals surface area contributed by atoms with Gasteiger partial charge in [-0.1, -0.05) is 12.8 Å². The second kappa shape index (κ2) is 3.09. The third-order valence-corrected chi connectivity index (χ3v) is 4.03. The highest BCUT2D eigenvalue weighted by molar-refractivity contribution is 7.53. The Morgan fingerprint density at radius 1 is 1.42 bits per heavy atom. The number of aliphatic hydroxyl groups excluding tert-OH is 1. The Balaban J connectivity index is 2.87. The molecule has 0 saturated heterocycles. The minimum absolute atomic E-state index is 0.193. The maximum Gasteiger partial charge on any atom is 0.347 e. The van der Waals surface area contributed by atoms with E-state index in [1.165, 1.54) is 0 Å². The number of rotatable bonds is 1. The average Bonchev–Trinajstić information content (AvgIpc) is 1.93. The van der Waals surface area contributed by atoms with E-state index in [-0.39, 0.29) is 6.42 Å². The summed E-state index contributed by atoms with van der Waals surface area (Å²) in [4.78, 5) is 17.8. The van der Waals surface area contributed by atoms with Gasteiger partial charge >= 0.3 is 7.60 Å². The quantitative estimate of drug-likeness (QED) is 0.432. The summed E-state index contributed by atoms with van der Waals surface area (Å²) in [5, 5.41) is 7.64. The summed E-state index contributed by atoms with van der Waals surface area (Å²) >= 11 is 0. The Hall–Kier alpha value is 0.0700. The zero-order valence-corrected chi connectivity index (χ0v) is 7.57. The molecule has 12 heavy (non-hydrogen) atoms. The standard InChI is InChI=1S/C6H14NO4P/c7-6(12(9,10)11)4-2-1-3-5(6)8/h5,8H,1-4,7H2,(H2,9,10,11)/t5-,6-/m0/s1. The van der Waals surface area contributed by atoms with Crippen LogP contribution in [-0.2, 0) is 4.57 Å². The van der Waals surface area contributed by atoms with Gasteiger partial charge in [0.1, 0.15) is 5.28 Å². The van der Waals surface area contributed by atoms with Crippen LogP contribution in [0.3, 0.4) is 0 Å². The summed E-state index contributed by atoms with van der Waals surface area (Å²) in [6.07, 6.45) is 0.936. The van der Waals surface area contributed by atoms with Crippen molar-refractivity contribution in [1.29, 1.82) is 0 Å². The molecule has 1 aliphatic rings. The maximum absolute atomic E-state index is 10.9. The van der Waals surface area contributed by atoms with Gasteiger partial charge in [-0.25, -0.2) is 0 Å². The molecule has 0 aromatic rings.